The summed E-state index contributed by atoms with van der Waals surface area (Å²) in [6.45, 7) is 6.52. The van der Waals surface area contributed by atoms with Gasteiger partial charge in [0, 0.05) is 18.5 Å². The van der Waals surface area contributed by atoms with Gasteiger partial charge in [-0.15, -0.1) is 0 Å². The first-order chi connectivity index (χ1) is 16.7. The van der Waals surface area contributed by atoms with Gasteiger partial charge in [-0.25, -0.2) is 4.39 Å². The molecule has 0 spiro atoms. The van der Waals surface area contributed by atoms with Crippen molar-refractivity contribution in [3.8, 4) is 11.8 Å². The van der Waals surface area contributed by atoms with E-state index in [9.17, 15) is 19.6 Å². The summed E-state index contributed by atoms with van der Waals surface area (Å²) < 4.78 is 24.9. The minimum atomic E-state index is -0.811. The molecule has 1 aliphatic rings. The average Bonchev–Trinajstić information content (AvgIpc) is 3.22. The van der Waals surface area contributed by atoms with Crippen LogP contribution in [0.15, 0.2) is 36.4 Å². The van der Waals surface area contributed by atoms with Crippen molar-refractivity contribution in [3.63, 3.8) is 0 Å². The predicted octanol–water partition coefficient (Wildman–Crippen LogP) is 4.11. The number of aryl methyl sites for hydroxylation is 1. The van der Waals surface area contributed by atoms with Gasteiger partial charge in [0.1, 0.15) is 30.3 Å². The summed E-state index contributed by atoms with van der Waals surface area (Å²) in [6, 6.07) is 13.0. The Morgan fingerprint density at radius 1 is 1.29 bits per heavy atom. The SMILES string of the molecule is CCOC(=O)CCc1cc(OC[C@H](O)CNC(C)(C)CC2Cc3ccccc3C2)c(C#N)cc1F. The van der Waals surface area contributed by atoms with Crippen LogP contribution in [-0.2, 0) is 28.8 Å². The largest absolute Gasteiger partial charge is 0.489 e. The molecule has 0 aliphatic heterocycles. The van der Waals surface area contributed by atoms with Crippen LogP contribution < -0.4 is 10.1 Å². The third kappa shape index (κ3) is 7.78. The highest BCUT2D eigenvalue weighted by Gasteiger charge is 2.28. The van der Waals surface area contributed by atoms with Crippen molar-refractivity contribution in [2.75, 3.05) is 19.8 Å². The summed E-state index contributed by atoms with van der Waals surface area (Å²) in [7, 11) is 0. The van der Waals surface area contributed by atoms with Gasteiger partial charge >= 0.3 is 5.97 Å². The first kappa shape index (κ1) is 26.7. The fourth-order valence-electron chi connectivity index (χ4n) is 4.69. The van der Waals surface area contributed by atoms with Crippen LogP contribution in [0, 0.1) is 23.1 Å². The zero-order valence-electron chi connectivity index (χ0n) is 20.8. The Kier molecular flexibility index (Phi) is 9.25. The van der Waals surface area contributed by atoms with E-state index in [1.807, 2.05) is 6.07 Å². The molecule has 0 aromatic heterocycles. The lowest BCUT2D eigenvalue weighted by molar-refractivity contribution is -0.143. The number of carbonyl (C=O) groups is 1. The second kappa shape index (κ2) is 12.1. The van der Waals surface area contributed by atoms with Crippen LogP contribution in [0.5, 0.6) is 5.75 Å². The van der Waals surface area contributed by atoms with Crippen LogP contribution in [-0.4, -0.2) is 42.5 Å². The molecule has 0 fully saturated rings. The van der Waals surface area contributed by atoms with E-state index in [1.165, 1.54) is 17.2 Å². The smallest absolute Gasteiger partial charge is 0.306 e. The Morgan fingerprint density at radius 2 is 1.97 bits per heavy atom. The Morgan fingerprint density at radius 3 is 2.60 bits per heavy atom. The number of rotatable bonds is 12. The van der Waals surface area contributed by atoms with Crippen LogP contribution in [0.4, 0.5) is 4.39 Å². The van der Waals surface area contributed by atoms with Crippen LogP contribution in [0.1, 0.15) is 55.9 Å². The molecule has 0 saturated heterocycles. The molecule has 35 heavy (non-hydrogen) atoms. The minimum absolute atomic E-state index is 0.0316. The number of ether oxygens (including phenoxy) is 2. The summed E-state index contributed by atoms with van der Waals surface area (Å²) in [5.41, 5.74) is 3.00. The molecule has 0 radical (unpaired) electrons. The summed E-state index contributed by atoms with van der Waals surface area (Å²) in [4.78, 5) is 11.6. The maximum atomic E-state index is 14.3. The summed E-state index contributed by atoms with van der Waals surface area (Å²) in [5.74, 6) is -0.232. The van der Waals surface area contributed by atoms with E-state index in [1.54, 1.807) is 6.92 Å². The Bertz CT molecular complexity index is 1040. The highest BCUT2D eigenvalue weighted by atomic mass is 19.1. The van der Waals surface area contributed by atoms with E-state index in [2.05, 4.69) is 43.4 Å². The monoisotopic (exact) mass is 482 g/mol. The van der Waals surface area contributed by atoms with Crippen molar-refractivity contribution in [1.82, 2.24) is 5.32 Å². The molecule has 2 N–H and O–H groups in total. The van der Waals surface area contributed by atoms with Gasteiger partial charge in [0.15, 0.2) is 0 Å². The highest BCUT2D eigenvalue weighted by Crippen LogP contribution is 2.32. The third-order valence-electron chi connectivity index (χ3n) is 6.35. The second-order valence-electron chi connectivity index (χ2n) is 9.83. The van der Waals surface area contributed by atoms with Gasteiger partial charge in [0.25, 0.3) is 0 Å². The number of fused-ring (bicyclic) bond motifs is 1. The zero-order valence-corrected chi connectivity index (χ0v) is 20.8. The number of nitriles is 1. The number of halogens is 1. The van der Waals surface area contributed by atoms with E-state index in [0.29, 0.717) is 12.5 Å². The molecule has 0 amide bonds. The van der Waals surface area contributed by atoms with E-state index < -0.39 is 17.9 Å². The summed E-state index contributed by atoms with van der Waals surface area (Å²) in [6.07, 6.45) is 2.49. The first-order valence-electron chi connectivity index (χ1n) is 12.2. The van der Waals surface area contributed by atoms with Gasteiger partial charge in [0.05, 0.1) is 12.2 Å². The van der Waals surface area contributed by atoms with E-state index >= 15 is 0 Å². The van der Waals surface area contributed by atoms with Gasteiger partial charge in [-0.1, -0.05) is 24.3 Å². The number of β-amino-alcohol motifs (C(OH)–C–C–N with tert-alkyl or cyclic N) is 1. The lowest BCUT2D eigenvalue weighted by Gasteiger charge is -2.30. The number of carbonyl (C=O) groups excluding carboxylic acids is 1. The van der Waals surface area contributed by atoms with Crippen LogP contribution >= 0.6 is 0 Å². The molecule has 0 bridgehead atoms. The normalized spacial score (nSPS) is 14.3. The van der Waals surface area contributed by atoms with Crippen molar-refractivity contribution in [2.24, 2.45) is 5.92 Å². The van der Waals surface area contributed by atoms with Crippen molar-refractivity contribution in [1.29, 1.82) is 5.26 Å². The number of hydrogen-bond donors (Lipinski definition) is 2. The van der Waals surface area contributed by atoms with E-state index in [-0.39, 0.29) is 48.5 Å². The van der Waals surface area contributed by atoms with Crippen molar-refractivity contribution in [3.05, 3.63) is 64.5 Å². The molecule has 3 rings (SSSR count). The lowest BCUT2D eigenvalue weighted by atomic mass is 9.88. The molecule has 2 aromatic rings. The highest BCUT2D eigenvalue weighted by molar-refractivity contribution is 5.69. The quantitative estimate of drug-likeness (QED) is 0.443. The number of aliphatic hydroxyl groups is 1. The van der Waals surface area contributed by atoms with Gasteiger partial charge in [-0.3, -0.25) is 4.79 Å². The van der Waals surface area contributed by atoms with Crippen molar-refractivity contribution >= 4 is 5.97 Å². The van der Waals surface area contributed by atoms with Gasteiger partial charge in [0.2, 0.25) is 0 Å². The van der Waals surface area contributed by atoms with E-state index in [0.717, 1.165) is 25.3 Å². The molecular formula is C28H35FN2O4. The average molecular weight is 483 g/mol. The second-order valence-corrected chi connectivity index (χ2v) is 9.83. The standard InChI is InChI=1S/C28H35FN2O4/c1-4-34-27(33)10-9-22-14-26(23(16-30)13-25(22)29)35-18-24(32)17-31-28(2,3)15-19-11-20-7-5-6-8-21(20)12-19/h5-8,13-14,19,24,31-32H,4,9-12,15,17-18H2,1-3H3/t24-/m1/s1. The molecule has 188 valence electrons. The molecule has 0 unspecified atom stereocenters. The zero-order chi connectivity index (χ0) is 25.4. The molecule has 0 heterocycles. The molecule has 1 aliphatic carbocycles. The maximum absolute atomic E-state index is 14.3. The number of aliphatic hydroxyl groups excluding tert-OH is 1. The molecule has 6 nitrogen and oxygen atoms in total. The summed E-state index contributed by atoms with van der Waals surface area (Å²) in [5, 5.41) is 23.3. The van der Waals surface area contributed by atoms with Gasteiger partial charge < -0.3 is 19.9 Å². The molecular weight excluding hydrogens is 447 g/mol. The Hall–Kier alpha value is -2.95. The fraction of sp³-hybridized carbons (Fsp3) is 0.500. The van der Waals surface area contributed by atoms with Crippen LogP contribution in [0.3, 0.4) is 0 Å². The minimum Gasteiger partial charge on any atom is -0.489 e. The van der Waals surface area contributed by atoms with Crippen molar-refractivity contribution in [2.45, 2.75) is 64.5 Å². The van der Waals surface area contributed by atoms with E-state index in [4.69, 9.17) is 9.47 Å². The maximum Gasteiger partial charge on any atom is 0.306 e. The lowest BCUT2D eigenvalue weighted by Crippen LogP contribution is -2.46. The number of nitrogens with one attached hydrogen (secondary N) is 1. The van der Waals surface area contributed by atoms with Gasteiger partial charge in [-0.2, -0.15) is 5.26 Å². The topological polar surface area (TPSA) is 91.6 Å². The number of esters is 1. The van der Waals surface area contributed by atoms with Crippen molar-refractivity contribution < 1.29 is 23.8 Å². The Labute approximate surface area is 207 Å². The first-order valence-corrected chi connectivity index (χ1v) is 12.2. The summed E-state index contributed by atoms with van der Waals surface area (Å²) >= 11 is 0. The molecule has 2 aromatic carbocycles. The van der Waals surface area contributed by atoms with Crippen LogP contribution in [0.25, 0.3) is 0 Å². The molecule has 1 atom stereocenters. The number of nitrogens with zero attached hydrogens (tertiary/aromatic N) is 1. The molecule has 7 heteroatoms. The number of benzene rings is 2. The Balaban J connectivity index is 1.50. The number of hydrogen-bond acceptors (Lipinski definition) is 6. The predicted molar refractivity (Wildman–Crippen MR) is 132 cm³/mol. The molecule has 0 saturated carbocycles. The fourth-order valence-corrected chi connectivity index (χ4v) is 4.69. The van der Waals surface area contributed by atoms with Crippen LogP contribution in [0.2, 0.25) is 0 Å². The van der Waals surface area contributed by atoms with Gasteiger partial charge in [-0.05, 0) is 81.2 Å². The third-order valence-corrected chi connectivity index (χ3v) is 6.35.